The molecule has 0 bridgehead atoms. The number of aryl methyl sites for hydroxylation is 1. The zero-order chi connectivity index (χ0) is 17.9. The van der Waals surface area contributed by atoms with E-state index >= 15 is 0 Å². The van der Waals surface area contributed by atoms with E-state index in [2.05, 4.69) is 30.3 Å². The van der Waals surface area contributed by atoms with E-state index in [9.17, 15) is 4.79 Å². The van der Waals surface area contributed by atoms with Gasteiger partial charge in [-0.3, -0.25) is 4.79 Å². The zero-order valence-electron chi connectivity index (χ0n) is 15.5. The Morgan fingerprint density at radius 3 is 2.62 bits per heavy atom. The molecule has 4 heteroatoms. The first kappa shape index (κ1) is 17.3. The highest BCUT2D eigenvalue weighted by atomic mass is 16.5. The van der Waals surface area contributed by atoms with Crippen molar-refractivity contribution in [2.45, 2.75) is 31.8 Å². The fourth-order valence-electron chi connectivity index (χ4n) is 3.92. The van der Waals surface area contributed by atoms with Crippen LogP contribution in [0.5, 0.6) is 0 Å². The number of carbonyl (C=O) groups excluding carboxylic acids is 1. The summed E-state index contributed by atoms with van der Waals surface area (Å²) in [6.45, 7) is 2.45. The largest absolute Gasteiger partial charge is 0.377 e. The summed E-state index contributed by atoms with van der Waals surface area (Å²) in [5, 5.41) is 0. The highest BCUT2D eigenvalue weighted by Gasteiger charge is 2.34. The van der Waals surface area contributed by atoms with E-state index in [0.717, 1.165) is 44.1 Å². The number of aromatic nitrogens is 1. The Balaban J connectivity index is 1.46. The van der Waals surface area contributed by atoms with Crippen molar-refractivity contribution in [2.24, 2.45) is 18.9 Å². The van der Waals surface area contributed by atoms with Crippen molar-refractivity contribution < 1.29 is 9.53 Å². The van der Waals surface area contributed by atoms with E-state index in [1.54, 1.807) is 0 Å². The second kappa shape index (κ2) is 7.67. The second-order valence-electron chi connectivity index (χ2n) is 7.81. The fraction of sp³-hybridized carbons (Fsp3) is 0.500. The van der Waals surface area contributed by atoms with Crippen molar-refractivity contribution in [3.05, 3.63) is 59.9 Å². The average Bonchev–Trinajstić information content (AvgIpc) is 3.40. The third kappa shape index (κ3) is 4.01. The smallest absolute Gasteiger partial charge is 0.270 e. The Morgan fingerprint density at radius 1 is 1.12 bits per heavy atom. The lowest BCUT2D eigenvalue weighted by Gasteiger charge is -2.38. The van der Waals surface area contributed by atoms with Crippen LogP contribution in [0, 0.1) is 11.8 Å². The molecular weight excluding hydrogens is 324 g/mol. The topological polar surface area (TPSA) is 34.5 Å². The summed E-state index contributed by atoms with van der Waals surface area (Å²) in [5.41, 5.74) is 2.09. The standard InChI is InChI=1S/C22H28N2O2/c1-23-12-5-8-20(23)22(25)24-13-11-21(26-16-18-9-10-18)19(15-24)14-17-6-3-2-4-7-17/h2-8,12,18-19,21H,9-11,13-16H2,1H3/t19-,21-/m0/s1. The number of rotatable bonds is 6. The minimum Gasteiger partial charge on any atom is -0.377 e. The van der Waals surface area contributed by atoms with Gasteiger partial charge in [0.25, 0.3) is 5.91 Å². The van der Waals surface area contributed by atoms with Crippen molar-refractivity contribution in [1.82, 2.24) is 9.47 Å². The van der Waals surface area contributed by atoms with Crippen molar-refractivity contribution >= 4 is 5.91 Å². The second-order valence-corrected chi connectivity index (χ2v) is 7.81. The van der Waals surface area contributed by atoms with Crippen LogP contribution in [0.15, 0.2) is 48.7 Å². The molecule has 0 radical (unpaired) electrons. The molecule has 4 nitrogen and oxygen atoms in total. The number of piperidine rings is 1. The van der Waals surface area contributed by atoms with E-state index in [-0.39, 0.29) is 12.0 Å². The van der Waals surface area contributed by atoms with Gasteiger partial charge in [0.1, 0.15) is 5.69 Å². The number of benzene rings is 1. The number of amides is 1. The minimum atomic E-state index is 0.135. The van der Waals surface area contributed by atoms with Gasteiger partial charge >= 0.3 is 0 Å². The van der Waals surface area contributed by atoms with Gasteiger partial charge in [-0.1, -0.05) is 30.3 Å². The predicted octanol–water partition coefficient (Wildman–Crippen LogP) is 3.53. The van der Waals surface area contributed by atoms with E-state index in [1.165, 1.54) is 18.4 Å². The van der Waals surface area contributed by atoms with Crippen LogP contribution in [0.1, 0.15) is 35.3 Å². The molecule has 1 aromatic carbocycles. The zero-order valence-corrected chi connectivity index (χ0v) is 15.5. The van der Waals surface area contributed by atoms with Crippen molar-refractivity contribution in [1.29, 1.82) is 0 Å². The highest BCUT2D eigenvalue weighted by molar-refractivity contribution is 5.92. The monoisotopic (exact) mass is 352 g/mol. The molecule has 2 atom stereocenters. The fourth-order valence-corrected chi connectivity index (χ4v) is 3.92. The van der Waals surface area contributed by atoms with Crippen LogP contribution in [0.4, 0.5) is 0 Å². The van der Waals surface area contributed by atoms with Crippen molar-refractivity contribution in [3.8, 4) is 0 Å². The number of hydrogen-bond acceptors (Lipinski definition) is 2. The summed E-state index contributed by atoms with van der Waals surface area (Å²) in [6, 6.07) is 14.4. The highest BCUT2D eigenvalue weighted by Crippen LogP contribution is 2.32. The first-order valence-corrected chi connectivity index (χ1v) is 9.77. The van der Waals surface area contributed by atoms with Gasteiger partial charge in [0.05, 0.1) is 6.10 Å². The number of nitrogens with zero attached hydrogens (tertiary/aromatic N) is 2. The molecule has 26 heavy (non-hydrogen) atoms. The van der Waals surface area contributed by atoms with Crippen LogP contribution in [-0.2, 0) is 18.2 Å². The third-order valence-corrected chi connectivity index (χ3v) is 5.70. The maximum Gasteiger partial charge on any atom is 0.270 e. The molecule has 1 amide bonds. The Bertz CT molecular complexity index is 736. The molecule has 1 saturated carbocycles. The third-order valence-electron chi connectivity index (χ3n) is 5.70. The first-order chi connectivity index (χ1) is 12.7. The van der Waals surface area contributed by atoms with E-state index in [0.29, 0.717) is 5.92 Å². The molecule has 2 aromatic rings. The summed E-state index contributed by atoms with van der Waals surface area (Å²) in [4.78, 5) is 14.9. The molecule has 1 aliphatic carbocycles. The number of hydrogen-bond donors (Lipinski definition) is 0. The normalized spacial score (nSPS) is 23.2. The lowest BCUT2D eigenvalue weighted by atomic mass is 9.88. The summed E-state index contributed by atoms with van der Waals surface area (Å²) in [7, 11) is 1.93. The molecule has 4 rings (SSSR count). The Hall–Kier alpha value is -2.07. The molecule has 0 N–H and O–H groups in total. The maximum absolute atomic E-state index is 12.9. The van der Waals surface area contributed by atoms with Gasteiger partial charge in [-0.05, 0) is 49.3 Å². The van der Waals surface area contributed by atoms with Gasteiger partial charge in [0.2, 0.25) is 0 Å². The number of ether oxygens (including phenoxy) is 1. The van der Waals surface area contributed by atoms with Gasteiger partial charge in [0, 0.05) is 38.9 Å². The van der Waals surface area contributed by atoms with Crippen LogP contribution < -0.4 is 0 Å². The molecule has 138 valence electrons. The van der Waals surface area contributed by atoms with Crippen LogP contribution in [-0.4, -0.2) is 41.2 Å². The van der Waals surface area contributed by atoms with E-state index < -0.39 is 0 Å². The molecule has 0 unspecified atom stereocenters. The minimum absolute atomic E-state index is 0.135. The molecule has 2 aliphatic rings. The van der Waals surface area contributed by atoms with Crippen LogP contribution in [0.3, 0.4) is 0 Å². The molecule has 2 fully saturated rings. The van der Waals surface area contributed by atoms with Gasteiger partial charge in [-0.2, -0.15) is 0 Å². The van der Waals surface area contributed by atoms with E-state index in [4.69, 9.17) is 4.74 Å². The molecule has 1 aromatic heterocycles. The summed E-state index contributed by atoms with van der Waals surface area (Å²) in [6.07, 6.45) is 6.71. The average molecular weight is 352 g/mol. The van der Waals surface area contributed by atoms with Crippen LogP contribution in [0.25, 0.3) is 0 Å². The Kier molecular flexibility index (Phi) is 5.11. The van der Waals surface area contributed by atoms with Gasteiger partial charge in [-0.25, -0.2) is 0 Å². The summed E-state index contributed by atoms with van der Waals surface area (Å²) >= 11 is 0. The summed E-state index contributed by atoms with van der Waals surface area (Å²) in [5.74, 6) is 1.26. The van der Waals surface area contributed by atoms with Crippen molar-refractivity contribution in [2.75, 3.05) is 19.7 Å². The quantitative estimate of drug-likeness (QED) is 0.797. The molecule has 0 spiro atoms. The Morgan fingerprint density at radius 2 is 1.92 bits per heavy atom. The van der Waals surface area contributed by atoms with Crippen molar-refractivity contribution in [3.63, 3.8) is 0 Å². The number of carbonyl (C=O) groups is 1. The molecule has 1 saturated heterocycles. The SMILES string of the molecule is Cn1cccc1C(=O)N1CC[C@H](OCC2CC2)[C@@H](Cc2ccccc2)C1. The maximum atomic E-state index is 12.9. The van der Waals surface area contributed by atoms with E-state index in [1.807, 2.05) is 34.8 Å². The number of likely N-dealkylation sites (tertiary alicyclic amines) is 1. The molecule has 2 heterocycles. The van der Waals surface area contributed by atoms with Crippen LogP contribution >= 0.6 is 0 Å². The lowest BCUT2D eigenvalue weighted by Crippen LogP contribution is -2.48. The van der Waals surface area contributed by atoms with Crippen LogP contribution in [0.2, 0.25) is 0 Å². The lowest BCUT2D eigenvalue weighted by molar-refractivity contribution is -0.0327. The molecular formula is C22H28N2O2. The summed E-state index contributed by atoms with van der Waals surface area (Å²) < 4.78 is 8.20. The Labute approximate surface area is 155 Å². The molecule has 1 aliphatic heterocycles. The first-order valence-electron chi connectivity index (χ1n) is 9.77. The van der Waals surface area contributed by atoms with Gasteiger partial charge in [-0.15, -0.1) is 0 Å². The van der Waals surface area contributed by atoms with Gasteiger partial charge < -0.3 is 14.2 Å². The van der Waals surface area contributed by atoms with Gasteiger partial charge in [0.15, 0.2) is 0 Å². The predicted molar refractivity (Wildman–Crippen MR) is 102 cm³/mol.